The lowest BCUT2D eigenvalue weighted by Crippen LogP contribution is -2.11. The largest absolute Gasteiger partial charge is 0.396 e. The van der Waals surface area contributed by atoms with Crippen LogP contribution in [0.4, 0.5) is 5.13 Å². The molecule has 0 aliphatic heterocycles. The standard InChI is InChI=1S/C16H20N2O2S2/c19-7-6-13-10-22-16(17-13)18-15(20)12-8-14(21-9-12)11-4-2-1-3-5-11/h8-11,19H,1-7H2,(H,17,18,20). The van der Waals surface area contributed by atoms with Crippen molar-refractivity contribution in [3.63, 3.8) is 0 Å². The zero-order valence-electron chi connectivity index (χ0n) is 12.4. The van der Waals surface area contributed by atoms with E-state index < -0.39 is 0 Å². The second-order valence-electron chi connectivity index (χ2n) is 5.64. The Hall–Kier alpha value is -1.24. The molecular formula is C16H20N2O2S2. The number of aliphatic hydroxyl groups is 1. The summed E-state index contributed by atoms with van der Waals surface area (Å²) in [5.41, 5.74) is 1.54. The first-order valence-corrected chi connectivity index (χ1v) is 9.47. The van der Waals surface area contributed by atoms with E-state index in [4.69, 9.17) is 5.11 Å². The third-order valence-corrected chi connectivity index (χ3v) is 5.93. The normalized spacial score (nSPS) is 15.9. The number of aliphatic hydroxyl groups excluding tert-OH is 1. The van der Waals surface area contributed by atoms with Crippen LogP contribution in [0.25, 0.3) is 0 Å². The number of amides is 1. The van der Waals surface area contributed by atoms with E-state index in [1.807, 2.05) is 16.8 Å². The fourth-order valence-electron chi connectivity index (χ4n) is 2.84. The van der Waals surface area contributed by atoms with Crippen LogP contribution in [0.3, 0.4) is 0 Å². The zero-order chi connectivity index (χ0) is 15.4. The SMILES string of the molecule is O=C(Nc1nc(CCO)cs1)c1csc(C2CCCCC2)c1. The molecule has 0 radical (unpaired) electrons. The number of anilines is 1. The predicted octanol–water partition coefficient (Wildman–Crippen LogP) is 4.04. The Morgan fingerprint density at radius 1 is 1.27 bits per heavy atom. The third-order valence-electron chi connectivity index (χ3n) is 4.03. The molecule has 2 aromatic rings. The molecule has 2 aromatic heterocycles. The lowest BCUT2D eigenvalue weighted by Gasteiger charge is -2.19. The van der Waals surface area contributed by atoms with Gasteiger partial charge in [-0.25, -0.2) is 4.98 Å². The number of nitrogens with zero attached hydrogens (tertiary/aromatic N) is 1. The van der Waals surface area contributed by atoms with Gasteiger partial charge in [0, 0.05) is 28.7 Å². The summed E-state index contributed by atoms with van der Waals surface area (Å²) < 4.78 is 0. The summed E-state index contributed by atoms with van der Waals surface area (Å²) in [6.07, 6.45) is 6.97. The smallest absolute Gasteiger partial charge is 0.258 e. The summed E-state index contributed by atoms with van der Waals surface area (Å²) >= 11 is 3.09. The molecule has 2 heterocycles. The molecule has 6 heteroatoms. The Morgan fingerprint density at radius 3 is 2.86 bits per heavy atom. The van der Waals surface area contributed by atoms with Crippen molar-refractivity contribution in [2.24, 2.45) is 0 Å². The van der Waals surface area contributed by atoms with Gasteiger partial charge in [-0.05, 0) is 24.8 Å². The van der Waals surface area contributed by atoms with Gasteiger partial charge < -0.3 is 5.11 Å². The van der Waals surface area contributed by atoms with E-state index >= 15 is 0 Å². The number of thiazole rings is 1. The van der Waals surface area contributed by atoms with Crippen LogP contribution >= 0.6 is 22.7 Å². The van der Waals surface area contributed by atoms with Gasteiger partial charge in [-0.15, -0.1) is 22.7 Å². The molecule has 2 N–H and O–H groups in total. The highest BCUT2D eigenvalue weighted by Gasteiger charge is 2.19. The molecule has 1 aliphatic carbocycles. The van der Waals surface area contributed by atoms with Gasteiger partial charge in [0.15, 0.2) is 5.13 Å². The van der Waals surface area contributed by atoms with Crippen LogP contribution in [0.15, 0.2) is 16.8 Å². The van der Waals surface area contributed by atoms with Crippen molar-refractivity contribution in [3.05, 3.63) is 33.0 Å². The number of rotatable bonds is 5. The van der Waals surface area contributed by atoms with Gasteiger partial charge in [-0.3, -0.25) is 10.1 Å². The lowest BCUT2D eigenvalue weighted by molar-refractivity contribution is 0.102. The van der Waals surface area contributed by atoms with Gasteiger partial charge in [0.2, 0.25) is 0 Å². The highest BCUT2D eigenvalue weighted by Crippen LogP contribution is 2.36. The molecule has 0 bridgehead atoms. The number of thiophene rings is 1. The van der Waals surface area contributed by atoms with E-state index in [0.717, 1.165) is 11.3 Å². The Morgan fingerprint density at radius 2 is 2.09 bits per heavy atom. The van der Waals surface area contributed by atoms with Crippen molar-refractivity contribution in [3.8, 4) is 0 Å². The maximum Gasteiger partial charge on any atom is 0.258 e. The maximum absolute atomic E-state index is 12.3. The van der Waals surface area contributed by atoms with Crippen molar-refractivity contribution in [2.45, 2.75) is 44.4 Å². The summed E-state index contributed by atoms with van der Waals surface area (Å²) in [5, 5.41) is 16.2. The number of hydrogen-bond donors (Lipinski definition) is 2. The summed E-state index contributed by atoms with van der Waals surface area (Å²) in [6.45, 7) is 0.0758. The van der Waals surface area contributed by atoms with Crippen LogP contribution in [-0.4, -0.2) is 22.6 Å². The summed E-state index contributed by atoms with van der Waals surface area (Å²) in [7, 11) is 0. The van der Waals surface area contributed by atoms with Crippen molar-refractivity contribution in [1.82, 2.24) is 4.98 Å². The predicted molar refractivity (Wildman–Crippen MR) is 91.0 cm³/mol. The van der Waals surface area contributed by atoms with Gasteiger partial charge in [0.25, 0.3) is 5.91 Å². The molecule has 0 unspecified atom stereocenters. The highest BCUT2D eigenvalue weighted by molar-refractivity contribution is 7.14. The van der Waals surface area contributed by atoms with Crippen molar-refractivity contribution >= 4 is 33.7 Å². The number of hydrogen-bond acceptors (Lipinski definition) is 5. The molecule has 22 heavy (non-hydrogen) atoms. The van der Waals surface area contributed by atoms with Crippen LogP contribution in [0, 0.1) is 0 Å². The first-order chi connectivity index (χ1) is 10.8. The van der Waals surface area contributed by atoms with E-state index in [2.05, 4.69) is 10.3 Å². The average Bonchev–Trinajstić information content (AvgIpc) is 3.18. The molecule has 0 atom stereocenters. The van der Waals surface area contributed by atoms with Gasteiger partial charge >= 0.3 is 0 Å². The minimum atomic E-state index is -0.0943. The molecular weight excluding hydrogens is 316 g/mol. The van der Waals surface area contributed by atoms with Crippen molar-refractivity contribution < 1.29 is 9.90 Å². The molecule has 0 aromatic carbocycles. The first-order valence-electron chi connectivity index (χ1n) is 7.71. The van der Waals surface area contributed by atoms with Gasteiger partial charge in [-0.2, -0.15) is 0 Å². The quantitative estimate of drug-likeness (QED) is 0.866. The molecule has 3 rings (SSSR count). The monoisotopic (exact) mass is 336 g/mol. The first kappa shape index (κ1) is 15.6. The van der Waals surface area contributed by atoms with Crippen molar-refractivity contribution in [2.75, 3.05) is 11.9 Å². The van der Waals surface area contributed by atoms with Crippen LogP contribution in [0.5, 0.6) is 0 Å². The fraction of sp³-hybridized carbons (Fsp3) is 0.500. The van der Waals surface area contributed by atoms with E-state index in [1.165, 1.54) is 48.3 Å². The highest BCUT2D eigenvalue weighted by atomic mass is 32.1. The molecule has 0 spiro atoms. The number of aromatic nitrogens is 1. The van der Waals surface area contributed by atoms with Gasteiger partial charge in [0.1, 0.15) is 0 Å². The summed E-state index contributed by atoms with van der Waals surface area (Å²) in [5.74, 6) is 0.541. The molecule has 1 amide bonds. The molecule has 1 aliphatic rings. The van der Waals surface area contributed by atoms with Crippen LogP contribution in [0.2, 0.25) is 0 Å². The van der Waals surface area contributed by atoms with E-state index in [9.17, 15) is 4.79 Å². The minimum absolute atomic E-state index is 0.0758. The van der Waals surface area contributed by atoms with Crippen molar-refractivity contribution in [1.29, 1.82) is 0 Å². The van der Waals surface area contributed by atoms with Crippen LogP contribution in [0.1, 0.15) is 59.0 Å². The topological polar surface area (TPSA) is 62.2 Å². The lowest BCUT2D eigenvalue weighted by atomic mass is 9.88. The van der Waals surface area contributed by atoms with E-state index in [1.54, 1.807) is 11.3 Å². The average molecular weight is 336 g/mol. The molecule has 4 nitrogen and oxygen atoms in total. The second-order valence-corrected chi connectivity index (χ2v) is 7.45. The number of carbonyl (C=O) groups is 1. The van der Waals surface area contributed by atoms with E-state index in [0.29, 0.717) is 17.5 Å². The van der Waals surface area contributed by atoms with Gasteiger partial charge in [0.05, 0.1) is 11.3 Å². The molecule has 0 saturated heterocycles. The Labute approximate surface area is 138 Å². The third kappa shape index (κ3) is 3.74. The Bertz CT molecular complexity index is 630. The number of carbonyl (C=O) groups excluding carboxylic acids is 1. The Balaban J connectivity index is 1.63. The molecule has 118 valence electrons. The van der Waals surface area contributed by atoms with E-state index in [-0.39, 0.29) is 12.5 Å². The number of nitrogens with one attached hydrogen (secondary N) is 1. The van der Waals surface area contributed by atoms with Crippen LogP contribution in [-0.2, 0) is 6.42 Å². The summed E-state index contributed by atoms with van der Waals surface area (Å²) in [4.78, 5) is 17.9. The summed E-state index contributed by atoms with van der Waals surface area (Å²) in [6, 6.07) is 2.04. The minimum Gasteiger partial charge on any atom is -0.396 e. The Kier molecular flexibility index (Phi) is 5.23. The fourth-order valence-corrected chi connectivity index (χ4v) is 4.64. The van der Waals surface area contributed by atoms with Gasteiger partial charge in [-0.1, -0.05) is 19.3 Å². The maximum atomic E-state index is 12.3. The molecule has 1 fully saturated rings. The molecule has 1 saturated carbocycles. The second kappa shape index (κ2) is 7.35. The van der Waals surface area contributed by atoms with Crippen LogP contribution < -0.4 is 5.32 Å². The zero-order valence-corrected chi connectivity index (χ0v) is 14.0.